The quantitative estimate of drug-likeness (QED) is 0.176. The molecule has 2 nitrogen and oxygen atoms in total. The molecule has 42 heavy (non-hydrogen) atoms. The predicted octanol–water partition coefficient (Wildman–Crippen LogP) is 10.7. The van der Waals surface area contributed by atoms with Crippen LogP contribution in [0.1, 0.15) is 125 Å². The fraction of sp³-hybridized carbons (Fsp3) is 0.725. The molecular formula is C40H58O2. The van der Waals surface area contributed by atoms with Crippen LogP contribution in [-0.2, 0) is 9.53 Å². The van der Waals surface area contributed by atoms with Gasteiger partial charge in [0.15, 0.2) is 0 Å². The average Bonchev–Trinajstić information content (AvgIpc) is 3.54. The third kappa shape index (κ3) is 4.34. The second-order valence-corrected chi connectivity index (χ2v) is 17.0. The number of hydrogen-bond acceptors (Lipinski definition) is 2. The van der Waals surface area contributed by atoms with E-state index in [2.05, 4.69) is 55.0 Å². The van der Waals surface area contributed by atoms with Crippen molar-refractivity contribution in [2.45, 2.75) is 125 Å². The van der Waals surface area contributed by atoms with Crippen LogP contribution in [0.15, 0.2) is 48.6 Å². The zero-order valence-electron chi connectivity index (χ0n) is 27.8. The van der Waals surface area contributed by atoms with Gasteiger partial charge in [-0.05, 0) is 134 Å². The molecule has 0 saturated heterocycles. The minimum atomic E-state index is -0.184. The van der Waals surface area contributed by atoms with Crippen molar-refractivity contribution in [3.05, 3.63) is 54.1 Å². The summed E-state index contributed by atoms with van der Waals surface area (Å²) in [5.41, 5.74) is 4.44. The smallest absolute Gasteiger partial charge is 0.331 e. The number of fused-ring (bicyclic) bond motifs is 2. The van der Waals surface area contributed by atoms with Gasteiger partial charge in [-0.1, -0.05) is 91.0 Å². The highest BCUT2D eigenvalue weighted by Crippen LogP contribution is 2.89. The van der Waals surface area contributed by atoms with E-state index in [4.69, 9.17) is 4.74 Å². The second-order valence-electron chi connectivity index (χ2n) is 17.0. The normalized spacial score (nSPS) is 42.3. The van der Waals surface area contributed by atoms with Crippen molar-refractivity contribution in [2.75, 3.05) is 0 Å². The zero-order valence-corrected chi connectivity index (χ0v) is 27.8. The molecule has 1 aromatic rings. The number of benzene rings is 1. The molecule has 2 spiro atoms. The summed E-state index contributed by atoms with van der Waals surface area (Å²) in [4.78, 5) is 12.9. The molecule has 0 bridgehead atoms. The van der Waals surface area contributed by atoms with Crippen LogP contribution in [0.4, 0.5) is 0 Å². The maximum atomic E-state index is 12.9. The molecule has 9 atom stereocenters. The summed E-state index contributed by atoms with van der Waals surface area (Å²) < 4.78 is 6.24. The molecule has 0 aromatic heterocycles. The monoisotopic (exact) mass is 570 g/mol. The molecule has 5 fully saturated rings. The summed E-state index contributed by atoms with van der Waals surface area (Å²) in [5.74, 6) is 3.58. The second kappa shape index (κ2) is 10.4. The fourth-order valence-electron chi connectivity index (χ4n) is 12.3. The number of carbonyl (C=O) groups is 1. The Morgan fingerprint density at radius 2 is 1.60 bits per heavy atom. The summed E-state index contributed by atoms with van der Waals surface area (Å²) in [6.07, 6.45) is 18.1. The van der Waals surface area contributed by atoms with Crippen molar-refractivity contribution in [3.63, 3.8) is 0 Å². The first-order valence-corrected chi connectivity index (χ1v) is 17.4. The van der Waals surface area contributed by atoms with Gasteiger partial charge in [0, 0.05) is 11.5 Å². The highest BCUT2D eigenvalue weighted by atomic mass is 16.5. The Balaban J connectivity index is 1.16. The Morgan fingerprint density at radius 3 is 2.31 bits per heavy atom. The van der Waals surface area contributed by atoms with E-state index in [0.717, 1.165) is 29.7 Å². The van der Waals surface area contributed by atoms with Gasteiger partial charge in [0.05, 0.1) is 0 Å². The van der Waals surface area contributed by atoms with Crippen LogP contribution >= 0.6 is 0 Å². The standard InChI is InChI=1S/C40H58O2/c1-27(2)28(3)14-15-29(4)31-20-22-38(8)33-18-17-32-36(5,6)34(42-35(41)19-16-30-12-10-9-11-13-30)21-23-39(32)26-40(33,39)25-24-37(31,38)7/h9-13,16,19,27,29,31-34H,3,14-15,17-18,20-26H2,1-2,4-8H3/b19-16+. The maximum Gasteiger partial charge on any atom is 0.331 e. The van der Waals surface area contributed by atoms with Gasteiger partial charge in [-0.25, -0.2) is 4.79 Å². The predicted molar refractivity (Wildman–Crippen MR) is 175 cm³/mol. The number of hydrogen-bond donors (Lipinski definition) is 0. The van der Waals surface area contributed by atoms with E-state index >= 15 is 0 Å². The lowest BCUT2D eigenvalue weighted by Crippen LogP contribution is -2.58. The molecule has 5 aliphatic rings. The van der Waals surface area contributed by atoms with Crippen LogP contribution in [0.25, 0.3) is 6.08 Å². The first-order chi connectivity index (χ1) is 19.8. The Bertz CT molecular complexity index is 1230. The number of ether oxygens (including phenoxy) is 1. The minimum Gasteiger partial charge on any atom is -0.459 e. The first-order valence-electron chi connectivity index (χ1n) is 17.4. The van der Waals surface area contributed by atoms with Crippen LogP contribution in [0.5, 0.6) is 0 Å². The van der Waals surface area contributed by atoms with E-state index in [1.54, 1.807) is 6.08 Å². The zero-order chi connectivity index (χ0) is 30.1. The molecule has 0 heterocycles. The van der Waals surface area contributed by atoms with Crippen molar-refractivity contribution in [1.82, 2.24) is 0 Å². The Kier molecular flexibility index (Phi) is 7.46. The molecule has 9 unspecified atom stereocenters. The third-order valence-electron chi connectivity index (χ3n) is 15.0. The van der Waals surface area contributed by atoms with Gasteiger partial charge in [-0.2, -0.15) is 0 Å². The molecule has 0 radical (unpaired) electrons. The van der Waals surface area contributed by atoms with Crippen LogP contribution in [0, 0.1) is 56.7 Å². The molecule has 0 N–H and O–H groups in total. The van der Waals surface area contributed by atoms with Gasteiger partial charge in [0.25, 0.3) is 0 Å². The number of allylic oxidation sites excluding steroid dienone is 1. The molecule has 0 aliphatic heterocycles. The first kappa shape index (κ1) is 30.2. The molecule has 5 saturated carbocycles. The van der Waals surface area contributed by atoms with Gasteiger partial charge >= 0.3 is 5.97 Å². The lowest BCUT2D eigenvalue weighted by Gasteiger charge is -2.63. The summed E-state index contributed by atoms with van der Waals surface area (Å²) in [6.45, 7) is 21.9. The van der Waals surface area contributed by atoms with E-state index in [0.29, 0.717) is 33.5 Å². The molecular weight excluding hydrogens is 512 g/mol. The molecule has 2 heteroatoms. The van der Waals surface area contributed by atoms with E-state index < -0.39 is 0 Å². The largest absolute Gasteiger partial charge is 0.459 e. The van der Waals surface area contributed by atoms with Gasteiger partial charge in [0.2, 0.25) is 0 Å². The van der Waals surface area contributed by atoms with E-state index in [1.165, 1.54) is 69.8 Å². The third-order valence-corrected chi connectivity index (χ3v) is 15.0. The van der Waals surface area contributed by atoms with E-state index in [9.17, 15) is 4.79 Å². The SMILES string of the molecule is C=C(CCC(C)C1CCC2(C)C3CCC4C(C)(C)C(OC(=O)/C=C/c5ccccc5)CCC45CC35CCC12C)C(C)C. The topological polar surface area (TPSA) is 26.3 Å². The average molecular weight is 571 g/mol. The van der Waals surface area contributed by atoms with Crippen LogP contribution < -0.4 is 0 Å². The van der Waals surface area contributed by atoms with Gasteiger partial charge in [-0.3, -0.25) is 0 Å². The lowest BCUT2D eigenvalue weighted by molar-refractivity contribution is -0.179. The summed E-state index contributed by atoms with van der Waals surface area (Å²) in [5, 5.41) is 0. The fourth-order valence-corrected chi connectivity index (χ4v) is 12.3. The van der Waals surface area contributed by atoms with Crippen LogP contribution in [0.2, 0.25) is 0 Å². The number of rotatable bonds is 8. The van der Waals surface area contributed by atoms with Crippen molar-refractivity contribution in [1.29, 1.82) is 0 Å². The van der Waals surface area contributed by atoms with E-state index in [-0.39, 0.29) is 17.5 Å². The van der Waals surface area contributed by atoms with Gasteiger partial charge in [0.1, 0.15) is 6.10 Å². The Morgan fingerprint density at radius 1 is 0.905 bits per heavy atom. The highest BCUT2D eigenvalue weighted by molar-refractivity contribution is 5.87. The Labute approximate surface area is 257 Å². The number of esters is 1. The van der Waals surface area contributed by atoms with E-state index in [1.807, 2.05) is 36.4 Å². The summed E-state index contributed by atoms with van der Waals surface area (Å²) in [7, 11) is 0. The lowest BCUT2D eigenvalue weighted by atomic mass is 9.41. The maximum absolute atomic E-state index is 12.9. The Hall–Kier alpha value is -1.83. The molecule has 1 aromatic carbocycles. The van der Waals surface area contributed by atoms with Gasteiger partial charge in [-0.15, -0.1) is 0 Å². The van der Waals surface area contributed by atoms with Crippen molar-refractivity contribution in [2.24, 2.45) is 56.7 Å². The summed E-state index contributed by atoms with van der Waals surface area (Å²) >= 11 is 0. The molecule has 6 rings (SSSR count). The summed E-state index contributed by atoms with van der Waals surface area (Å²) in [6, 6.07) is 10.1. The van der Waals surface area contributed by atoms with Crippen LogP contribution in [0.3, 0.4) is 0 Å². The number of carbonyl (C=O) groups excluding carboxylic acids is 1. The molecule has 230 valence electrons. The van der Waals surface area contributed by atoms with Crippen LogP contribution in [-0.4, -0.2) is 12.1 Å². The highest BCUT2D eigenvalue weighted by Gasteiger charge is 2.82. The van der Waals surface area contributed by atoms with Crippen molar-refractivity contribution < 1.29 is 9.53 Å². The molecule has 0 amide bonds. The van der Waals surface area contributed by atoms with Crippen molar-refractivity contribution >= 4 is 12.0 Å². The minimum absolute atomic E-state index is 0.0111. The van der Waals surface area contributed by atoms with Crippen molar-refractivity contribution in [3.8, 4) is 0 Å². The molecule has 5 aliphatic carbocycles. The van der Waals surface area contributed by atoms with Gasteiger partial charge < -0.3 is 4.74 Å².